The molecule has 0 aliphatic heterocycles. The number of aliphatic hydroxyl groups is 1. The van der Waals surface area contributed by atoms with Gasteiger partial charge < -0.3 is 5.11 Å². The Morgan fingerprint density at radius 3 is 2.50 bits per heavy atom. The van der Waals surface area contributed by atoms with E-state index >= 15 is 0 Å². The van der Waals surface area contributed by atoms with Crippen LogP contribution >= 0.6 is 11.3 Å². The summed E-state index contributed by atoms with van der Waals surface area (Å²) in [5, 5.41) is 12.7. The van der Waals surface area contributed by atoms with Crippen molar-refractivity contribution in [3.63, 3.8) is 0 Å². The van der Waals surface area contributed by atoms with Gasteiger partial charge in [-0.15, -0.1) is 11.3 Å². The maximum absolute atomic E-state index is 10.6. The molecule has 0 saturated heterocycles. The minimum atomic E-state index is -0.540. The molecule has 0 aromatic carbocycles. The van der Waals surface area contributed by atoms with Gasteiger partial charge >= 0.3 is 0 Å². The molecule has 1 unspecified atom stereocenters. The van der Waals surface area contributed by atoms with Crippen LogP contribution in [0.3, 0.4) is 0 Å². The Labute approximate surface area is 89.8 Å². The van der Waals surface area contributed by atoms with E-state index in [9.17, 15) is 5.11 Å². The number of hydrogen-bond donors (Lipinski definition) is 1. The summed E-state index contributed by atoms with van der Waals surface area (Å²) in [6, 6.07) is 2.10. The van der Waals surface area contributed by atoms with Crippen molar-refractivity contribution in [2.75, 3.05) is 0 Å². The molecule has 1 aromatic rings. The van der Waals surface area contributed by atoms with E-state index in [-0.39, 0.29) is 0 Å². The van der Waals surface area contributed by atoms with Gasteiger partial charge in [-0.3, -0.25) is 0 Å². The third-order valence-electron chi connectivity index (χ3n) is 3.27. The molecule has 14 heavy (non-hydrogen) atoms. The van der Waals surface area contributed by atoms with Gasteiger partial charge in [-0.1, -0.05) is 13.8 Å². The second-order valence-corrected chi connectivity index (χ2v) is 6.22. The van der Waals surface area contributed by atoms with Crippen molar-refractivity contribution in [3.05, 3.63) is 21.9 Å². The summed E-state index contributed by atoms with van der Waals surface area (Å²) in [5.41, 5.74) is 1.00. The molecule has 2 rings (SSSR count). The fraction of sp³-hybridized carbons (Fsp3) is 0.667. The Balaban J connectivity index is 2.32. The third-order valence-corrected chi connectivity index (χ3v) is 4.48. The molecule has 78 valence electrons. The highest BCUT2D eigenvalue weighted by atomic mass is 32.1. The van der Waals surface area contributed by atoms with Crippen molar-refractivity contribution in [1.82, 2.24) is 0 Å². The Kier molecular flexibility index (Phi) is 2.24. The fourth-order valence-electron chi connectivity index (χ4n) is 2.56. The van der Waals surface area contributed by atoms with Gasteiger partial charge in [-0.25, -0.2) is 0 Å². The van der Waals surface area contributed by atoms with Crippen LogP contribution in [-0.2, 0) is 5.60 Å². The van der Waals surface area contributed by atoms with Gasteiger partial charge in [0.2, 0.25) is 0 Å². The van der Waals surface area contributed by atoms with Crippen molar-refractivity contribution in [3.8, 4) is 0 Å². The Hall–Kier alpha value is -0.340. The van der Waals surface area contributed by atoms with E-state index in [0.29, 0.717) is 5.41 Å². The van der Waals surface area contributed by atoms with Crippen molar-refractivity contribution < 1.29 is 5.11 Å². The quantitative estimate of drug-likeness (QED) is 0.752. The molecule has 1 aromatic heterocycles. The van der Waals surface area contributed by atoms with Crippen LogP contribution in [0.25, 0.3) is 0 Å². The first-order valence-corrected chi connectivity index (χ1v) is 6.08. The van der Waals surface area contributed by atoms with Gasteiger partial charge in [0.05, 0.1) is 5.60 Å². The molecule has 1 nitrogen and oxygen atoms in total. The lowest BCUT2D eigenvalue weighted by Crippen LogP contribution is -2.22. The average molecular weight is 210 g/mol. The Bertz CT molecular complexity index is 340. The van der Waals surface area contributed by atoms with Gasteiger partial charge in [-0.2, -0.15) is 0 Å². The minimum Gasteiger partial charge on any atom is -0.384 e. The Morgan fingerprint density at radius 2 is 2.07 bits per heavy atom. The molecule has 2 heteroatoms. The third kappa shape index (κ3) is 1.61. The van der Waals surface area contributed by atoms with Crippen LogP contribution in [0.15, 0.2) is 11.4 Å². The molecule has 1 N–H and O–H groups in total. The second kappa shape index (κ2) is 3.07. The summed E-state index contributed by atoms with van der Waals surface area (Å²) in [5.74, 6) is 0. The van der Waals surface area contributed by atoms with Crippen molar-refractivity contribution in [2.24, 2.45) is 5.41 Å². The van der Waals surface area contributed by atoms with Gasteiger partial charge in [0.1, 0.15) is 0 Å². The first-order chi connectivity index (χ1) is 6.43. The molecule has 0 radical (unpaired) electrons. The number of hydrogen-bond acceptors (Lipinski definition) is 2. The van der Waals surface area contributed by atoms with E-state index in [2.05, 4.69) is 32.2 Å². The van der Waals surface area contributed by atoms with Crippen LogP contribution in [0.5, 0.6) is 0 Å². The standard InChI is InChI=1S/C12H18OS/c1-9-4-7-14-10(9)12(13)6-5-11(2,3)8-12/h4,7,13H,5-6,8H2,1-3H3. The molecule has 1 saturated carbocycles. The monoisotopic (exact) mass is 210 g/mol. The van der Waals surface area contributed by atoms with Crippen molar-refractivity contribution >= 4 is 11.3 Å². The molecule has 0 bridgehead atoms. The van der Waals surface area contributed by atoms with E-state index in [4.69, 9.17) is 0 Å². The molecule has 1 aliphatic rings. The van der Waals surface area contributed by atoms with Crippen LogP contribution in [0, 0.1) is 12.3 Å². The van der Waals surface area contributed by atoms with Crippen LogP contribution in [0.1, 0.15) is 43.6 Å². The van der Waals surface area contributed by atoms with Crippen LogP contribution in [-0.4, -0.2) is 5.11 Å². The zero-order chi connectivity index (χ0) is 10.4. The van der Waals surface area contributed by atoms with Crippen LogP contribution < -0.4 is 0 Å². The van der Waals surface area contributed by atoms with E-state index in [1.165, 1.54) is 10.4 Å². The van der Waals surface area contributed by atoms with Crippen molar-refractivity contribution in [2.45, 2.75) is 45.6 Å². The Morgan fingerprint density at radius 1 is 1.36 bits per heavy atom. The molecule has 1 atom stereocenters. The summed E-state index contributed by atoms with van der Waals surface area (Å²) in [6.45, 7) is 6.58. The van der Waals surface area contributed by atoms with Gasteiger partial charge in [-0.05, 0) is 48.6 Å². The highest BCUT2D eigenvalue weighted by molar-refractivity contribution is 7.10. The molecule has 0 amide bonds. The van der Waals surface area contributed by atoms with E-state index in [1.54, 1.807) is 11.3 Å². The van der Waals surface area contributed by atoms with Crippen LogP contribution in [0.4, 0.5) is 0 Å². The lowest BCUT2D eigenvalue weighted by molar-refractivity contribution is 0.0370. The minimum absolute atomic E-state index is 0.297. The predicted octanol–water partition coefficient (Wildman–Crippen LogP) is 3.45. The maximum Gasteiger partial charge on any atom is 0.0995 e. The van der Waals surface area contributed by atoms with Gasteiger partial charge in [0, 0.05) is 4.88 Å². The molecular weight excluding hydrogens is 192 g/mol. The molecule has 1 heterocycles. The van der Waals surface area contributed by atoms with E-state index in [0.717, 1.165) is 19.3 Å². The summed E-state index contributed by atoms with van der Waals surface area (Å²) in [7, 11) is 0. The number of thiophene rings is 1. The summed E-state index contributed by atoms with van der Waals surface area (Å²) in [4.78, 5) is 1.18. The summed E-state index contributed by atoms with van der Waals surface area (Å²) < 4.78 is 0. The highest BCUT2D eigenvalue weighted by Crippen LogP contribution is 2.50. The largest absolute Gasteiger partial charge is 0.384 e. The molecule has 0 spiro atoms. The van der Waals surface area contributed by atoms with Crippen LogP contribution in [0.2, 0.25) is 0 Å². The van der Waals surface area contributed by atoms with E-state index < -0.39 is 5.60 Å². The second-order valence-electron chi connectivity index (χ2n) is 5.31. The molecular formula is C12H18OS. The molecule has 1 fully saturated rings. The summed E-state index contributed by atoms with van der Waals surface area (Å²) in [6.07, 6.45) is 2.95. The lowest BCUT2D eigenvalue weighted by atomic mass is 9.88. The van der Waals surface area contributed by atoms with Gasteiger partial charge in [0.15, 0.2) is 0 Å². The average Bonchev–Trinajstić information content (AvgIpc) is 2.57. The zero-order valence-corrected chi connectivity index (χ0v) is 9.95. The SMILES string of the molecule is Cc1ccsc1C1(O)CCC(C)(C)C1. The topological polar surface area (TPSA) is 20.2 Å². The van der Waals surface area contributed by atoms with Gasteiger partial charge in [0.25, 0.3) is 0 Å². The smallest absolute Gasteiger partial charge is 0.0995 e. The van der Waals surface area contributed by atoms with Crippen molar-refractivity contribution in [1.29, 1.82) is 0 Å². The summed E-state index contributed by atoms with van der Waals surface area (Å²) >= 11 is 1.70. The fourth-order valence-corrected chi connectivity index (χ4v) is 3.61. The zero-order valence-electron chi connectivity index (χ0n) is 9.13. The first-order valence-electron chi connectivity index (χ1n) is 5.20. The highest BCUT2D eigenvalue weighted by Gasteiger charge is 2.44. The normalized spacial score (nSPS) is 30.9. The maximum atomic E-state index is 10.6. The first kappa shape index (κ1) is 10.2. The number of rotatable bonds is 1. The lowest BCUT2D eigenvalue weighted by Gasteiger charge is -2.25. The predicted molar refractivity (Wildman–Crippen MR) is 60.6 cm³/mol. The number of aryl methyl sites for hydroxylation is 1. The molecule has 1 aliphatic carbocycles. The van der Waals surface area contributed by atoms with E-state index in [1.807, 2.05) is 0 Å².